The third-order valence-corrected chi connectivity index (χ3v) is 4.69. The molecule has 1 atom stereocenters. The maximum Gasteiger partial charge on any atom is 0.0752 e. The molecule has 1 heterocycles. The topological polar surface area (TPSA) is 29.4 Å². The van der Waals surface area contributed by atoms with Gasteiger partial charge in [0.15, 0.2) is 0 Å². The Kier molecular flexibility index (Phi) is 2.36. The van der Waals surface area contributed by atoms with E-state index in [1.165, 1.54) is 0 Å². The average molecular weight is 195 g/mol. The van der Waals surface area contributed by atoms with E-state index in [9.17, 15) is 4.21 Å². The normalized spacial score (nSPS) is 28.0. The van der Waals surface area contributed by atoms with Crippen LogP contribution in [-0.2, 0) is 9.73 Å². The van der Waals surface area contributed by atoms with E-state index in [0.717, 1.165) is 30.0 Å². The van der Waals surface area contributed by atoms with Crippen molar-refractivity contribution in [3.8, 4) is 0 Å². The monoisotopic (exact) mass is 195 g/mol. The minimum absolute atomic E-state index is 0.733. The van der Waals surface area contributed by atoms with E-state index in [0.29, 0.717) is 0 Å². The smallest absolute Gasteiger partial charge is 0.0752 e. The molecule has 1 aliphatic heterocycles. The van der Waals surface area contributed by atoms with Crippen molar-refractivity contribution in [2.75, 3.05) is 12.3 Å². The number of rotatable bonds is 1. The number of hydrogen-bond acceptors (Lipinski definition) is 2. The van der Waals surface area contributed by atoms with Gasteiger partial charge in [0.05, 0.1) is 9.73 Å². The van der Waals surface area contributed by atoms with Crippen LogP contribution in [0, 0.1) is 0 Å². The summed E-state index contributed by atoms with van der Waals surface area (Å²) in [4.78, 5) is 0.898. The van der Waals surface area contributed by atoms with Crippen LogP contribution < -0.4 is 0 Å². The molecule has 1 aliphatic rings. The van der Waals surface area contributed by atoms with Gasteiger partial charge in [0.1, 0.15) is 0 Å². The minimum atomic E-state index is -2.04. The molecule has 2 rings (SSSR count). The van der Waals surface area contributed by atoms with Crippen LogP contribution in [0.1, 0.15) is 12.8 Å². The molecule has 0 amide bonds. The predicted molar refractivity (Wildman–Crippen MR) is 54.2 cm³/mol. The second kappa shape index (κ2) is 3.50. The lowest BCUT2D eigenvalue weighted by Gasteiger charge is -2.14. The lowest BCUT2D eigenvalue weighted by molar-refractivity contribution is 0.658. The second-order valence-electron chi connectivity index (χ2n) is 3.22. The predicted octanol–water partition coefficient (Wildman–Crippen LogP) is 2.31. The van der Waals surface area contributed by atoms with Gasteiger partial charge < -0.3 is 0 Å². The highest BCUT2D eigenvalue weighted by Crippen LogP contribution is 2.18. The van der Waals surface area contributed by atoms with Crippen molar-refractivity contribution in [1.82, 2.24) is 0 Å². The molecule has 70 valence electrons. The Balaban J connectivity index is 2.46. The molecule has 2 nitrogen and oxygen atoms in total. The summed E-state index contributed by atoms with van der Waals surface area (Å²) in [5, 5.41) is 0. The SMILES string of the molecule is O=[S@]1(c2ccccc2)=NCCCC1. The largest absolute Gasteiger partial charge is 0.245 e. The van der Waals surface area contributed by atoms with E-state index >= 15 is 0 Å². The van der Waals surface area contributed by atoms with Crippen molar-refractivity contribution in [2.24, 2.45) is 4.36 Å². The van der Waals surface area contributed by atoms with Gasteiger partial charge in [-0.25, -0.2) is 8.57 Å². The maximum atomic E-state index is 12.2. The van der Waals surface area contributed by atoms with E-state index < -0.39 is 9.73 Å². The van der Waals surface area contributed by atoms with E-state index in [2.05, 4.69) is 4.36 Å². The van der Waals surface area contributed by atoms with Crippen LogP contribution in [0.2, 0.25) is 0 Å². The third kappa shape index (κ3) is 1.75. The second-order valence-corrected chi connectivity index (χ2v) is 5.64. The summed E-state index contributed by atoms with van der Waals surface area (Å²) in [5.74, 6) is 0.733. The Bertz CT molecular complexity index is 391. The summed E-state index contributed by atoms with van der Waals surface area (Å²) in [5.41, 5.74) is 0. The Morgan fingerprint density at radius 3 is 2.54 bits per heavy atom. The molecule has 0 spiro atoms. The quantitative estimate of drug-likeness (QED) is 0.676. The summed E-state index contributed by atoms with van der Waals surface area (Å²) < 4.78 is 16.5. The Hall–Kier alpha value is -0.830. The van der Waals surface area contributed by atoms with Crippen molar-refractivity contribution >= 4 is 9.73 Å². The van der Waals surface area contributed by atoms with Gasteiger partial charge in [0.25, 0.3) is 0 Å². The van der Waals surface area contributed by atoms with Gasteiger partial charge in [0, 0.05) is 17.2 Å². The van der Waals surface area contributed by atoms with Crippen LogP contribution >= 0.6 is 0 Å². The number of benzene rings is 1. The fraction of sp³-hybridized carbons (Fsp3) is 0.400. The lowest BCUT2D eigenvalue weighted by Crippen LogP contribution is -2.12. The van der Waals surface area contributed by atoms with Gasteiger partial charge >= 0.3 is 0 Å². The molecule has 1 aromatic carbocycles. The molecule has 0 aromatic heterocycles. The minimum Gasteiger partial charge on any atom is -0.245 e. The van der Waals surface area contributed by atoms with Crippen LogP contribution in [-0.4, -0.2) is 16.5 Å². The highest BCUT2D eigenvalue weighted by molar-refractivity contribution is 7.93. The molecule has 0 bridgehead atoms. The molecule has 0 unspecified atom stereocenters. The molecular weight excluding hydrogens is 182 g/mol. The lowest BCUT2D eigenvalue weighted by atomic mass is 10.3. The van der Waals surface area contributed by atoms with E-state index in [1.807, 2.05) is 30.3 Å². The van der Waals surface area contributed by atoms with Crippen LogP contribution in [0.25, 0.3) is 0 Å². The summed E-state index contributed by atoms with van der Waals surface area (Å²) >= 11 is 0. The zero-order valence-corrected chi connectivity index (χ0v) is 8.30. The van der Waals surface area contributed by atoms with Crippen LogP contribution in [0.4, 0.5) is 0 Å². The van der Waals surface area contributed by atoms with Crippen molar-refractivity contribution < 1.29 is 4.21 Å². The van der Waals surface area contributed by atoms with Crippen molar-refractivity contribution in [3.05, 3.63) is 30.3 Å². The molecule has 0 saturated carbocycles. The molecule has 13 heavy (non-hydrogen) atoms. The van der Waals surface area contributed by atoms with E-state index in [4.69, 9.17) is 0 Å². The summed E-state index contributed by atoms with van der Waals surface area (Å²) in [7, 11) is -2.04. The molecule has 0 radical (unpaired) electrons. The zero-order chi connectivity index (χ0) is 9.15. The Morgan fingerprint density at radius 1 is 1.15 bits per heavy atom. The molecule has 1 aromatic rings. The molecule has 0 aliphatic carbocycles. The summed E-state index contributed by atoms with van der Waals surface area (Å²) in [6.45, 7) is 0.758. The number of hydrogen-bond donors (Lipinski definition) is 0. The summed E-state index contributed by atoms with van der Waals surface area (Å²) in [6, 6.07) is 9.61. The number of nitrogens with zero attached hydrogens (tertiary/aromatic N) is 1. The van der Waals surface area contributed by atoms with Crippen LogP contribution in [0.3, 0.4) is 0 Å². The maximum absolute atomic E-state index is 12.2. The highest BCUT2D eigenvalue weighted by Gasteiger charge is 2.14. The molecule has 0 fully saturated rings. The van der Waals surface area contributed by atoms with Crippen LogP contribution in [0.5, 0.6) is 0 Å². The molecular formula is C10H13NOS. The van der Waals surface area contributed by atoms with Gasteiger partial charge in [0.2, 0.25) is 0 Å². The fourth-order valence-corrected chi connectivity index (χ4v) is 3.63. The van der Waals surface area contributed by atoms with Gasteiger partial charge in [-0.1, -0.05) is 18.2 Å². The first-order valence-corrected chi connectivity index (χ1v) is 6.25. The molecule has 0 saturated heterocycles. The first-order chi connectivity index (χ1) is 6.31. The van der Waals surface area contributed by atoms with Crippen molar-refractivity contribution in [2.45, 2.75) is 17.7 Å². The Morgan fingerprint density at radius 2 is 1.92 bits per heavy atom. The van der Waals surface area contributed by atoms with Gasteiger partial charge in [-0.3, -0.25) is 0 Å². The Labute approximate surface area is 79.2 Å². The fourth-order valence-electron chi connectivity index (χ4n) is 1.51. The highest BCUT2D eigenvalue weighted by atomic mass is 32.2. The zero-order valence-electron chi connectivity index (χ0n) is 7.48. The van der Waals surface area contributed by atoms with Crippen molar-refractivity contribution in [1.29, 1.82) is 0 Å². The van der Waals surface area contributed by atoms with E-state index in [-0.39, 0.29) is 0 Å². The van der Waals surface area contributed by atoms with Crippen LogP contribution in [0.15, 0.2) is 39.6 Å². The van der Waals surface area contributed by atoms with Gasteiger partial charge in [-0.15, -0.1) is 0 Å². The van der Waals surface area contributed by atoms with E-state index in [1.54, 1.807) is 0 Å². The molecule has 3 heteroatoms. The van der Waals surface area contributed by atoms with Crippen molar-refractivity contribution in [3.63, 3.8) is 0 Å². The van der Waals surface area contributed by atoms with Gasteiger partial charge in [-0.05, 0) is 25.0 Å². The van der Waals surface area contributed by atoms with Gasteiger partial charge in [-0.2, -0.15) is 0 Å². The summed E-state index contributed by atoms with van der Waals surface area (Å²) in [6.07, 6.45) is 2.13. The average Bonchev–Trinajstić information content (AvgIpc) is 2.20. The first-order valence-electron chi connectivity index (χ1n) is 4.57. The standard InChI is InChI=1S/C10H13NOS/c12-13(9-5-4-8-11-13)10-6-2-1-3-7-10/h1-3,6-7H,4-5,8-9H2/t13-/m1/s1. The molecule has 0 N–H and O–H groups in total. The third-order valence-electron chi connectivity index (χ3n) is 2.24. The first kappa shape index (κ1) is 8.75.